The first-order chi connectivity index (χ1) is 12.2. The van der Waals surface area contributed by atoms with Gasteiger partial charge in [0.2, 0.25) is 5.91 Å². The van der Waals surface area contributed by atoms with Crippen molar-refractivity contribution in [1.29, 1.82) is 0 Å². The van der Waals surface area contributed by atoms with Crippen LogP contribution in [0.25, 0.3) is 0 Å². The summed E-state index contributed by atoms with van der Waals surface area (Å²) in [5.74, 6) is 1.00. The van der Waals surface area contributed by atoms with Crippen molar-refractivity contribution in [2.75, 3.05) is 6.61 Å². The minimum Gasteiger partial charge on any atom is -0.494 e. The highest BCUT2D eigenvalue weighted by atomic mass is 16.5. The summed E-state index contributed by atoms with van der Waals surface area (Å²) in [4.78, 5) is 12.0. The van der Waals surface area contributed by atoms with Gasteiger partial charge < -0.3 is 15.4 Å². The van der Waals surface area contributed by atoms with Gasteiger partial charge in [0, 0.05) is 26.1 Å². The molecule has 25 heavy (non-hydrogen) atoms. The second-order valence-electron chi connectivity index (χ2n) is 6.61. The zero-order valence-electron chi connectivity index (χ0n) is 14.8. The average Bonchev–Trinajstić information content (AvgIpc) is 3.07. The molecule has 0 radical (unpaired) electrons. The zero-order valence-corrected chi connectivity index (χ0v) is 14.8. The summed E-state index contributed by atoms with van der Waals surface area (Å²) < 4.78 is 5.70. The molecule has 0 saturated carbocycles. The van der Waals surface area contributed by atoms with Crippen molar-refractivity contribution in [3.05, 3.63) is 64.7 Å². The van der Waals surface area contributed by atoms with E-state index in [-0.39, 0.29) is 5.91 Å². The molecule has 3 rings (SSSR count). The molecule has 0 saturated heterocycles. The number of amides is 1. The van der Waals surface area contributed by atoms with Crippen molar-refractivity contribution in [1.82, 2.24) is 10.6 Å². The molecule has 0 aromatic heterocycles. The minimum absolute atomic E-state index is 0.106. The number of nitrogens with one attached hydrogen (secondary N) is 2. The minimum atomic E-state index is 0.106. The summed E-state index contributed by atoms with van der Waals surface area (Å²) >= 11 is 0. The topological polar surface area (TPSA) is 50.4 Å². The number of unbranched alkanes of at least 4 members (excludes halogenated alkanes) is 1. The molecule has 1 heterocycles. The third-order valence-corrected chi connectivity index (χ3v) is 4.45. The van der Waals surface area contributed by atoms with Gasteiger partial charge in [0.25, 0.3) is 0 Å². The second-order valence-corrected chi connectivity index (χ2v) is 6.61. The van der Waals surface area contributed by atoms with E-state index in [4.69, 9.17) is 4.74 Å². The molecule has 2 aromatic rings. The summed E-state index contributed by atoms with van der Waals surface area (Å²) in [6.45, 7) is 5.18. The van der Waals surface area contributed by atoms with E-state index >= 15 is 0 Å². The highest BCUT2D eigenvalue weighted by molar-refractivity contribution is 5.75. The molecule has 0 fully saturated rings. The van der Waals surface area contributed by atoms with E-state index in [0.717, 1.165) is 31.7 Å². The first-order valence-electron chi connectivity index (χ1n) is 8.98. The van der Waals surface area contributed by atoms with Gasteiger partial charge in [-0.3, -0.25) is 4.79 Å². The fourth-order valence-corrected chi connectivity index (χ4v) is 3.03. The standard InChI is InChI=1S/C21H26N2O2/c1-16-5-4-6-20(11-16)25-10-3-2-7-21(24)23-13-17-8-9-18-14-22-15-19(18)12-17/h4-6,8-9,11-12,22H,2-3,7,10,13-15H2,1H3,(H,23,24). The third kappa shape index (κ3) is 5.33. The van der Waals surface area contributed by atoms with Crippen molar-refractivity contribution < 1.29 is 9.53 Å². The largest absolute Gasteiger partial charge is 0.494 e. The Hall–Kier alpha value is -2.33. The van der Waals surface area contributed by atoms with Gasteiger partial charge in [0.1, 0.15) is 5.75 Å². The van der Waals surface area contributed by atoms with Crippen LogP contribution in [0, 0.1) is 6.92 Å². The molecule has 0 spiro atoms. The van der Waals surface area contributed by atoms with Crippen molar-refractivity contribution in [3.8, 4) is 5.75 Å². The quantitative estimate of drug-likeness (QED) is 0.725. The van der Waals surface area contributed by atoms with Crippen LogP contribution in [-0.2, 0) is 24.4 Å². The summed E-state index contributed by atoms with van der Waals surface area (Å²) in [7, 11) is 0. The summed E-state index contributed by atoms with van der Waals surface area (Å²) in [5.41, 5.74) is 5.07. The van der Waals surface area contributed by atoms with Gasteiger partial charge in [-0.1, -0.05) is 30.3 Å². The highest BCUT2D eigenvalue weighted by Crippen LogP contribution is 2.17. The molecule has 132 valence electrons. The van der Waals surface area contributed by atoms with Crippen LogP contribution in [0.15, 0.2) is 42.5 Å². The monoisotopic (exact) mass is 338 g/mol. The van der Waals surface area contributed by atoms with Crippen LogP contribution in [0.1, 0.15) is 41.5 Å². The molecule has 4 heteroatoms. The van der Waals surface area contributed by atoms with Gasteiger partial charge in [-0.15, -0.1) is 0 Å². The molecule has 1 aliphatic heterocycles. The molecule has 2 aromatic carbocycles. The number of ether oxygens (including phenoxy) is 1. The lowest BCUT2D eigenvalue weighted by Gasteiger charge is -2.08. The van der Waals surface area contributed by atoms with Crippen LogP contribution in [0.3, 0.4) is 0 Å². The first-order valence-corrected chi connectivity index (χ1v) is 8.98. The lowest BCUT2D eigenvalue weighted by molar-refractivity contribution is -0.121. The molecule has 0 bridgehead atoms. The van der Waals surface area contributed by atoms with E-state index in [0.29, 0.717) is 19.6 Å². The lowest BCUT2D eigenvalue weighted by Crippen LogP contribution is -2.22. The number of benzene rings is 2. The van der Waals surface area contributed by atoms with E-state index in [1.165, 1.54) is 22.3 Å². The van der Waals surface area contributed by atoms with Crippen LogP contribution < -0.4 is 15.4 Å². The number of carbonyl (C=O) groups is 1. The molecular weight excluding hydrogens is 312 g/mol. The summed E-state index contributed by atoms with van der Waals surface area (Å²) in [6.07, 6.45) is 2.27. The predicted molar refractivity (Wildman–Crippen MR) is 99.4 cm³/mol. The maximum Gasteiger partial charge on any atom is 0.220 e. The highest BCUT2D eigenvalue weighted by Gasteiger charge is 2.10. The summed E-state index contributed by atoms with van der Waals surface area (Å²) in [6, 6.07) is 14.5. The maximum absolute atomic E-state index is 12.0. The Labute approximate surface area is 149 Å². The van der Waals surface area contributed by atoms with Crippen molar-refractivity contribution in [2.45, 2.75) is 45.8 Å². The van der Waals surface area contributed by atoms with E-state index in [2.05, 4.69) is 41.8 Å². The Morgan fingerprint density at radius 2 is 2.00 bits per heavy atom. The van der Waals surface area contributed by atoms with Crippen LogP contribution >= 0.6 is 0 Å². The fourth-order valence-electron chi connectivity index (χ4n) is 3.03. The van der Waals surface area contributed by atoms with Crippen molar-refractivity contribution in [2.24, 2.45) is 0 Å². The molecular formula is C21H26N2O2. The van der Waals surface area contributed by atoms with Crippen LogP contribution in [0.2, 0.25) is 0 Å². The Bertz CT molecular complexity index is 728. The van der Waals surface area contributed by atoms with E-state index in [9.17, 15) is 4.79 Å². The van der Waals surface area contributed by atoms with E-state index in [1.54, 1.807) is 0 Å². The molecule has 0 atom stereocenters. The fraction of sp³-hybridized carbons (Fsp3) is 0.381. The third-order valence-electron chi connectivity index (χ3n) is 4.45. The Balaban J connectivity index is 1.30. The van der Waals surface area contributed by atoms with Gasteiger partial charge >= 0.3 is 0 Å². The molecule has 1 aliphatic rings. The van der Waals surface area contributed by atoms with Gasteiger partial charge in [-0.05, 0) is 54.2 Å². The number of rotatable bonds is 8. The van der Waals surface area contributed by atoms with Gasteiger partial charge in [0.05, 0.1) is 6.61 Å². The van der Waals surface area contributed by atoms with Gasteiger partial charge in [0.15, 0.2) is 0 Å². The zero-order chi connectivity index (χ0) is 17.5. The normalized spacial score (nSPS) is 12.7. The SMILES string of the molecule is Cc1cccc(OCCCCC(=O)NCc2ccc3c(c2)CNC3)c1. The smallest absolute Gasteiger partial charge is 0.220 e. The Morgan fingerprint density at radius 3 is 2.88 bits per heavy atom. The first kappa shape index (κ1) is 17.5. The number of hydrogen-bond donors (Lipinski definition) is 2. The lowest BCUT2D eigenvalue weighted by atomic mass is 10.1. The maximum atomic E-state index is 12.0. The van der Waals surface area contributed by atoms with Crippen molar-refractivity contribution in [3.63, 3.8) is 0 Å². The predicted octanol–water partition coefficient (Wildman–Crippen LogP) is 3.46. The van der Waals surface area contributed by atoms with Crippen LogP contribution in [-0.4, -0.2) is 12.5 Å². The Kier molecular flexibility index (Phi) is 6.07. The van der Waals surface area contributed by atoms with Gasteiger partial charge in [-0.2, -0.15) is 0 Å². The number of aryl methyl sites for hydroxylation is 1. The molecule has 4 nitrogen and oxygen atoms in total. The Morgan fingerprint density at radius 1 is 1.12 bits per heavy atom. The van der Waals surface area contributed by atoms with Crippen molar-refractivity contribution >= 4 is 5.91 Å². The molecule has 0 aliphatic carbocycles. The number of hydrogen-bond acceptors (Lipinski definition) is 3. The molecule has 2 N–H and O–H groups in total. The van der Waals surface area contributed by atoms with Crippen LogP contribution in [0.4, 0.5) is 0 Å². The van der Waals surface area contributed by atoms with E-state index in [1.807, 2.05) is 18.2 Å². The number of fused-ring (bicyclic) bond motifs is 1. The molecule has 1 amide bonds. The molecule has 0 unspecified atom stereocenters. The summed E-state index contributed by atoms with van der Waals surface area (Å²) in [5, 5.41) is 6.34. The van der Waals surface area contributed by atoms with Crippen LogP contribution in [0.5, 0.6) is 5.75 Å². The number of carbonyl (C=O) groups excluding carboxylic acids is 1. The average molecular weight is 338 g/mol. The van der Waals surface area contributed by atoms with E-state index < -0.39 is 0 Å². The van der Waals surface area contributed by atoms with Gasteiger partial charge in [-0.25, -0.2) is 0 Å². The second kappa shape index (κ2) is 8.67.